The van der Waals surface area contributed by atoms with Crippen molar-refractivity contribution in [2.45, 2.75) is 54.4 Å². The first-order chi connectivity index (χ1) is 8.79. The maximum atomic E-state index is 9.69. The number of rotatable bonds is 2. The summed E-state index contributed by atoms with van der Waals surface area (Å²) < 4.78 is 1.21. The van der Waals surface area contributed by atoms with Crippen LogP contribution in [0.3, 0.4) is 0 Å². The second kappa shape index (κ2) is 11.0. The zero-order valence-corrected chi connectivity index (χ0v) is 14.9. The van der Waals surface area contributed by atoms with Crippen molar-refractivity contribution >= 4 is 21.7 Å². The molecule has 1 aromatic rings. The molecule has 0 saturated carbocycles. The van der Waals surface area contributed by atoms with Crippen LogP contribution in [0.5, 0.6) is 0 Å². The third kappa shape index (κ3) is 8.77. The van der Waals surface area contributed by atoms with E-state index in [4.69, 9.17) is 0 Å². The van der Waals surface area contributed by atoms with Gasteiger partial charge in [-0.25, -0.2) is 0 Å². The number of hydrogen-bond donors (Lipinski definition) is 0. The molecule has 0 N–H and O–H groups in total. The lowest BCUT2D eigenvalue weighted by molar-refractivity contribution is -0.112. The van der Waals surface area contributed by atoms with Crippen molar-refractivity contribution in [2.75, 3.05) is 0 Å². The second-order valence-corrected chi connectivity index (χ2v) is 5.28. The quantitative estimate of drug-likeness (QED) is 0.611. The Morgan fingerprint density at radius 3 is 1.95 bits per heavy atom. The van der Waals surface area contributed by atoms with Gasteiger partial charge in [0.1, 0.15) is 0 Å². The molecule has 0 spiro atoms. The Morgan fingerprint density at radius 1 is 1.21 bits per heavy atom. The number of halogens is 1. The molecule has 0 aromatic heterocycles. The number of carbonyl (C=O) groups excluding carboxylic acids is 1. The molecule has 1 rings (SSSR count). The summed E-state index contributed by atoms with van der Waals surface area (Å²) in [5, 5.41) is 0. The summed E-state index contributed by atoms with van der Waals surface area (Å²) in [6.45, 7) is 17.4. The molecule has 0 fully saturated rings. The van der Waals surface area contributed by atoms with Gasteiger partial charge in [0.05, 0.1) is 0 Å². The highest BCUT2D eigenvalue weighted by molar-refractivity contribution is 9.10. The van der Waals surface area contributed by atoms with Crippen molar-refractivity contribution in [3.63, 3.8) is 0 Å². The highest BCUT2D eigenvalue weighted by atomic mass is 79.9. The van der Waals surface area contributed by atoms with Crippen molar-refractivity contribution in [2.24, 2.45) is 0 Å². The molecular formula is C17H27BrO. The fourth-order valence-corrected chi connectivity index (χ4v) is 1.88. The Kier molecular flexibility index (Phi) is 11.8. The first kappa shape index (κ1) is 20.4. The summed E-state index contributed by atoms with van der Waals surface area (Å²) in [6, 6.07) is 4.47. The molecule has 0 aliphatic carbocycles. The van der Waals surface area contributed by atoms with Crippen molar-refractivity contribution in [3.05, 3.63) is 46.0 Å². The Morgan fingerprint density at radius 2 is 1.63 bits per heavy atom. The number of aryl methyl sites for hydroxylation is 2. The largest absolute Gasteiger partial charge is 0.295 e. The van der Waals surface area contributed by atoms with Crippen molar-refractivity contribution < 1.29 is 4.79 Å². The van der Waals surface area contributed by atoms with Crippen LogP contribution in [0.15, 0.2) is 29.3 Å². The molecule has 0 saturated heterocycles. The summed E-state index contributed by atoms with van der Waals surface area (Å²) in [4.78, 5) is 9.69. The Hall–Kier alpha value is -0.890. The van der Waals surface area contributed by atoms with E-state index in [1.54, 1.807) is 0 Å². The minimum absolute atomic E-state index is 0.0185. The molecule has 0 aliphatic heterocycles. The molecule has 108 valence electrons. The monoisotopic (exact) mass is 326 g/mol. The fraction of sp³-hybridized carbons (Fsp3) is 0.471. The van der Waals surface area contributed by atoms with E-state index in [0.717, 1.165) is 0 Å². The molecule has 0 heterocycles. The molecule has 19 heavy (non-hydrogen) atoms. The highest BCUT2D eigenvalue weighted by Crippen LogP contribution is 2.25. The first-order valence-corrected chi connectivity index (χ1v) is 7.48. The van der Waals surface area contributed by atoms with Gasteiger partial charge in [-0.1, -0.05) is 56.3 Å². The van der Waals surface area contributed by atoms with Crippen molar-refractivity contribution in [3.8, 4) is 0 Å². The van der Waals surface area contributed by atoms with E-state index in [9.17, 15) is 4.79 Å². The zero-order valence-electron chi connectivity index (χ0n) is 13.3. The van der Waals surface area contributed by atoms with Crippen LogP contribution in [0.1, 0.15) is 57.2 Å². The molecule has 0 atom stereocenters. The van der Waals surface area contributed by atoms with E-state index >= 15 is 0 Å². The lowest BCUT2D eigenvalue weighted by atomic mass is 9.96. The molecule has 0 unspecified atom stereocenters. The molecule has 1 aromatic carbocycles. The zero-order chi connectivity index (χ0) is 15.6. The van der Waals surface area contributed by atoms with E-state index in [1.807, 2.05) is 13.8 Å². The molecular weight excluding hydrogens is 300 g/mol. The van der Waals surface area contributed by atoms with E-state index in [-0.39, 0.29) is 5.78 Å². The molecule has 0 bridgehead atoms. The van der Waals surface area contributed by atoms with Crippen LogP contribution in [0, 0.1) is 13.8 Å². The lowest BCUT2D eigenvalue weighted by Crippen LogP contribution is -1.93. The van der Waals surface area contributed by atoms with Gasteiger partial charge >= 0.3 is 0 Å². The third-order valence-corrected chi connectivity index (χ3v) is 3.31. The first-order valence-electron chi connectivity index (χ1n) is 6.69. The van der Waals surface area contributed by atoms with Gasteiger partial charge in [-0.15, -0.1) is 0 Å². The fourth-order valence-electron chi connectivity index (χ4n) is 1.43. The summed E-state index contributed by atoms with van der Waals surface area (Å²) in [6.07, 6.45) is 1.28. The average Bonchev–Trinajstić information content (AvgIpc) is 2.36. The van der Waals surface area contributed by atoms with Gasteiger partial charge in [0.15, 0.2) is 5.78 Å². The Balaban J connectivity index is 0. The maximum Gasteiger partial charge on any atom is 0.152 e. The topological polar surface area (TPSA) is 17.1 Å². The van der Waals surface area contributed by atoms with Gasteiger partial charge in [0.2, 0.25) is 0 Å². The normalized spacial score (nSPS) is 8.89. The van der Waals surface area contributed by atoms with E-state index in [0.29, 0.717) is 5.92 Å². The number of allylic oxidation sites excluding steroid dienone is 1. The lowest BCUT2D eigenvalue weighted by Gasteiger charge is -2.11. The summed E-state index contributed by atoms with van der Waals surface area (Å²) in [5.74, 6) is 0.641. The van der Waals surface area contributed by atoms with Gasteiger partial charge in [-0.3, -0.25) is 4.79 Å². The number of carbonyl (C=O) groups is 1. The molecule has 0 aliphatic rings. The van der Waals surface area contributed by atoms with Gasteiger partial charge < -0.3 is 0 Å². The molecule has 0 amide bonds. The standard InChI is InChI=1S/C11H15Br.C4H6O.C2H6/c1-7(2)10-5-9(4)11(12)6-8(10)3;1-3-4(2)5;1-2/h5-7H,1-4H3;3H,1H2,2H3;1-2H3. The molecule has 2 heteroatoms. The van der Waals surface area contributed by atoms with Crippen LogP contribution in [0.25, 0.3) is 0 Å². The van der Waals surface area contributed by atoms with Crippen molar-refractivity contribution in [1.29, 1.82) is 0 Å². The van der Waals surface area contributed by atoms with Gasteiger partial charge in [-0.05, 0) is 55.5 Å². The van der Waals surface area contributed by atoms with E-state index in [2.05, 4.69) is 62.3 Å². The third-order valence-electron chi connectivity index (χ3n) is 2.46. The second-order valence-electron chi connectivity index (χ2n) is 4.43. The average molecular weight is 327 g/mol. The summed E-state index contributed by atoms with van der Waals surface area (Å²) in [7, 11) is 0. The maximum absolute atomic E-state index is 9.69. The van der Waals surface area contributed by atoms with E-state index in [1.165, 1.54) is 34.2 Å². The molecule has 1 nitrogen and oxygen atoms in total. The Bertz CT molecular complexity index is 406. The van der Waals surface area contributed by atoms with Crippen LogP contribution < -0.4 is 0 Å². The highest BCUT2D eigenvalue weighted by Gasteiger charge is 2.05. The summed E-state index contributed by atoms with van der Waals surface area (Å²) >= 11 is 3.53. The van der Waals surface area contributed by atoms with E-state index < -0.39 is 0 Å². The van der Waals surface area contributed by atoms with Crippen LogP contribution in [0.4, 0.5) is 0 Å². The van der Waals surface area contributed by atoms with Gasteiger partial charge in [-0.2, -0.15) is 0 Å². The smallest absolute Gasteiger partial charge is 0.152 e. The van der Waals surface area contributed by atoms with Crippen LogP contribution in [-0.4, -0.2) is 5.78 Å². The predicted octanol–water partition coefficient (Wildman–Crippen LogP) is 5.98. The van der Waals surface area contributed by atoms with Crippen LogP contribution >= 0.6 is 15.9 Å². The minimum atomic E-state index is 0.0185. The van der Waals surface area contributed by atoms with Crippen molar-refractivity contribution in [1.82, 2.24) is 0 Å². The molecule has 0 radical (unpaired) electrons. The Labute approximate surface area is 127 Å². The number of hydrogen-bond acceptors (Lipinski definition) is 1. The number of ketones is 1. The van der Waals surface area contributed by atoms with Crippen LogP contribution in [0.2, 0.25) is 0 Å². The summed E-state index contributed by atoms with van der Waals surface area (Å²) in [5.41, 5.74) is 4.16. The van der Waals surface area contributed by atoms with Crippen LogP contribution in [-0.2, 0) is 4.79 Å². The minimum Gasteiger partial charge on any atom is -0.295 e. The predicted molar refractivity (Wildman–Crippen MR) is 89.9 cm³/mol. The van der Waals surface area contributed by atoms with Gasteiger partial charge in [0, 0.05) is 4.47 Å². The van der Waals surface area contributed by atoms with Gasteiger partial charge in [0.25, 0.3) is 0 Å². The number of benzene rings is 1. The SMILES string of the molecule is C=CC(C)=O.CC.Cc1cc(C(C)C)c(C)cc1Br.